The molecule has 112 valence electrons. The van der Waals surface area contributed by atoms with Gasteiger partial charge in [-0.15, -0.1) is 11.3 Å². The van der Waals surface area contributed by atoms with E-state index in [9.17, 15) is 9.59 Å². The Hall–Kier alpha value is -2.47. The summed E-state index contributed by atoms with van der Waals surface area (Å²) >= 11 is 1.14. The zero-order valence-electron chi connectivity index (χ0n) is 12.1. The number of aromatic amines is 1. The van der Waals surface area contributed by atoms with Crippen molar-refractivity contribution in [2.24, 2.45) is 0 Å². The number of nitrogens with one attached hydrogen (secondary N) is 1. The van der Waals surface area contributed by atoms with Gasteiger partial charge in [-0.3, -0.25) is 4.79 Å². The number of carbonyl (C=O) groups is 2. The Morgan fingerprint density at radius 3 is 2.82 bits per heavy atom. The molecule has 0 aliphatic carbocycles. The summed E-state index contributed by atoms with van der Waals surface area (Å²) in [5.74, 6) is -0.713. The number of rotatable bonds is 4. The molecular formula is C16H14N2O3S. The van der Waals surface area contributed by atoms with Gasteiger partial charge in [-0.2, -0.15) is 0 Å². The van der Waals surface area contributed by atoms with Gasteiger partial charge in [0.1, 0.15) is 0 Å². The lowest BCUT2D eigenvalue weighted by atomic mass is 10.1. The van der Waals surface area contributed by atoms with Crippen molar-refractivity contribution in [2.45, 2.75) is 20.0 Å². The minimum absolute atomic E-state index is 0.168. The van der Waals surface area contributed by atoms with Crippen molar-refractivity contribution >= 4 is 34.0 Å². The Balaban J connectivity index is 1.90. The molecular weight excluding hydrogens is 300 g/mol. The molecule has 0 unspecified atom stereocenters. The summed E-state index contributed by atoms with van der Waals surface area (Å²) < 4.78 is 5.08. The average Bonchev–Trinajstić information content (AvgIpc) is 3.13. The third kappa shape index (κ3) is 2.65. The highest BCUT2D eigenvalue weighted by molar-refractivity contribution is 7.12. The number of para-hydroxylation sites is 1. The number of H-pyrrole nitrogens is 1. The smallest absolute Gasteiger partial charge is 0.358 e. The second-order valence-corrected chi connectivity index (χ2v) is 5.93. The summed E-state index contributed by atoms with van der Waals surface area (Å²) in [5, 5.41) is 2.67. The first kappa shape index (κ1) is 14.5. The van der Waals surface area contributed by atoms with Crippen LogP contribution in [0.25, 0.3) is 10.9 Å². The van der Waals surface area contributed by atoms with Crippen LogP contribution >= 0.6 is 11.3 Å². The van der Waals surface area contributed by atoms with Crippen LogP contribution in [0.15, 0.2) is 35.8 Å². The summed E-state index contributed by atoms with van der Waals surface area (Å²) in [6.45, 7) is 3.53. The number of aromatic nitrogens is 2. The molecule has 0 radical (unpaired) electrons. The fourth-order valence-electron chi connectivity index (χ4n) is 2.12. The van der Waals surface area contributed by atoms with Gasteiger partial charge < -0.3 is 9.72 Å². The molecule has 0 saturated carbocycles. The Kier molecular flexibility index (Phi) is 3.77. The largest absolute Gasteiger partial charge is 0.458 e. The van der Waals surface area contributed by atoms with Crippen LogP contribution in [-0.2, 0) is 4.74 Å². The first-order valence-corrected chi connectivity index (χ1v) is 7.71. The van der Waals surface area contributed by atoms with Crippen LogP contribution in [0.4, 0.5) is 0 Å². The number of esters is 1. The standard InChI is InChI=1S/C16H14N2O3S/c1-9(2)21-16(20)13-8-22-15(18-13)14(19)11-7-17-12-6-4-3-5-10(11)12/h3-9,17H,1-2H3. The van der Waals surface area contributed by atoms with E-state index in [2.05, 4.69) is 9.97 Å². The van der Waals surface area contributed by atoms with E-state index < -0.39 is 5.97 Å². The first-order chi connectivity index (χ1) is 10.6. The number of nitrogens with zero attached hydrogens (tertiary/aromatic N) is 1. The van der Waals surface area contributed by atoms with E-state index in [0.29, 0.717) is 5.56 Å². The molecule has 0 bridgehead atoms. The summed E-state index contributed by atoms with van der Waals surface area (Å²) in [6.07, 6.45) is 1.45. The van der Waals surface area contributed by atoms with Gasteiger partial charge >= 0.3 is 5.97 Å². The average molecular weight is 314 g/mol. The van der Waals surface area contributed by atoms with E-state index >= 15 is 0 Å². The number of thiazole rings is 1. The lowest BCUT2D eigenvalue weighted by Crippen LogP contribution is -2.12. The van der Waals surface area contributed by atoms with Gasteiger partial charge in [0.05, 0.1) is 11.7 Å². The monoisotopic (exact) mass is 314 g/mol. The first-order valence-electron chi connectivity index (χ1n) is 6.83. The lowest BCUT2D eigenvalue weighted by molar-refractivity contribution is 0.0372. The number of ether oxygens (including phenoxy) is 1. The van der Waals surface area contributed by atoms with Crippen LogP contribution < -0.4 is 0 Å². The summed E-state index contributed by atoms with van der Waals surface area (Å²) in [7, 11) is 0. The molecule has 0 saturated heterocycles. The summed E-state index contributed by atoms with van der Waals surface area (Å²) in [6, 6.07) is 7.55. The highest BCUT2D eigenvalue weighted by atomic mass is 32.1. The highest BCUT2D eigenvalue weighted by Gasteiger charge is 2.20. The molecule has 22 heavy (non-hydrogen) atoms. The van der Waals surface area contributed by atoms with Gasteiger partial charge in [0, 0.05) is 22.5 Å². The van der Waals surface area contributed by atoms with Gasteiger partial charge in [-0.1, -0.05) is 18.2 Å². The lowest BCUT2D eigenvalue weighted by Gasteiger charge is -2.04. The van der Waals surface area contributed by atoms with Crippen LogP contribution in [0.2, 0.25) is 0 Å². The molecule has 0 spiro atoms. The number of fused-ring (bicyclic) bond motifs is 1. The van der Waals surface area contributed by atoms with Crippen molar-refractivity contribution in [3.05, 3.63) is 52.1 Å². The Morgan fingerprint density at radius 2 is 2.05 bits per heavy atom. The fourth-order valence-corrected chi connectivity index (χ4v) is 2.86. The normalized spacial score (nSPS) is 11.0. The van der Waals surface area contributed by atoms with Crippen molar-refractivity contribution in [3.8, 4) is 0 Å². The molecule has 3 rings (SSSR count). The van der Waals surface area contributed by atoms with Crippen molar-refractivity contribution in [1.29, 1.82) is 0 Å². The maximum atomic E-state index is 12.6. The van der Waals surface area contributed by atoms with Crippen molar-refractivity contribution in [1.82, 2.24) is 9.97 Å². The van der Waals surface area contributed by atoms with E-state index in [4.69, 9.17) is 4.74 Å². The quantitative estimate of drug-likeness (QED) is 0.591. The van der Waals surface area contributed by atoms with Crippen LogP contribution in [-0.4, -0.2) is 27.8 Å². The Morgan fingerprint density at radius 1 is 1.27 bits per heavy atom. The second kappa shape index (κ2) is 5.73. The van der Waals surface area contributed by atoms with E-state index in [1.165, 1.54) is 0 Å². The Labute approximate surface area is 131 Å². The molecule has 1 aromatic carbocycles. The molecule has 0 atom stereocenters. The topological polar surface area (TPSA) is 72.1 Å². The van der Waals surface area contributed by atoms with Crippen LogP contribution in [0, 0.1) is 0 Å². The zero-order chi connectivity index (χ0) is 15.7. The number of hydrogen-bond acceptors (Lipinski definition) is 5. The summed E-state index contributed by atoms with van der Waals surface area (Å²) in [5.41, 5.74) is 1.61. The van der Waals surface area contributed by atoms with Crippen molar-refractivity contribution < 1.29 is 14.3 Å². The maximum absolute atomic E-state index is 12.6. The van der Waals surface area contributed by atoms with E-state index in [1.54, 1.807) is 25.4 Å². The molecule has 3 aromatic rings. The predicted octanol–water partition coefficient (Wildman–Crippen LogP) is 3.42. The molecule has 0 fully saturated rings. The number of carbonyl (C=O) groups excluding carboxylic acids is 2. The Bertz CT molecular complexity index is 848. The molecule has 2 heterocycles. The van der Waals surface area contributed by atoms with Gasteiger partial charge in [-0.05, 0) is 19.9 Å². The van der Waals surface area contributed by atoms with Crippen molar-refractivity contribution in [3.63, 3.8) is 0 Å². The minimum atomic E-state index is -0.510. The van der Waals surface area contributed by atoms with Gasteiger partial charge in [0.2, 0.25) is 5.78 Å². The molecule has 1 N–H and O–H groups in total. The molecule has 0 aliphatic rings. The van der Waals surface area contributed by atoms with Gasteiger partial charge in [-0.25, -0.2) is 9.78 Å². The predicted molar refractivity (Wildman–Crippen MR) is 84.4 cm³/mol. The molecule has 0 aliphatic heterocycles. The highest BCUT2D eigenvalue weighted by Crippen LogP contribution is 2.22. The number of benzene rings is 1. The van der Waals surface area contributed by atoms with Crippen LogP contribution in [0.3, 0.4) is 0 Å². The summed E-state index contributed by atoms with van der Waals surface area (Å²) in [4.78, 5) is 31.5. The number of ketones is 1. The van der Waals surface area contributed by atoms with Crippen molar-refractivity contribution in [2.75, 3.05) is 0 Å². The van der Waals surface area contributed by atoms with E-state index in [-0.39, 0.29) is 22.6 Å². The van der Waals surface area contributed by atoms with E-state index in [0.717, 1.165) is 22.2 Å². The third-order valence-corrected chi connectivity index (χ3v) is 3.93. The maximum Gasteiger partial charge on any atom is 0.358 e. The minimum Gasteiger partial charge on any atom is -0.458 e. The second-order valence-electron chi connectivity index (χ2n) is 5.07. The SMILES string of the molecule is CC(C)OC(=O)c1csc(C(=O)c2c[nH]c3ccccc23)n1. The van der Waals surface area contributed by atoms with Gasteiger partial charge in [0.15, 0.2) is 10.7 Å². The molecule has 2 aromatic heterocycles. The van der Waals surface area contributed by atoms with E-state index in [1.807, 2.05) is 24.3 Å². The molecule has 5 nitrogen and oxygen atoms in total. The third-order valence-electron chi connectivity index (χ3n) is 3.08. The van der Waals surface area contributed by atoms with Crippen LogP contribution in [0.5, 0.6) is 0 Å². The number of hydrogen-bond donors (Lipinski definition) is 1. The fraction of sp³-hybridized carbons (Fsp3) is 0.188. The molecule has 6 heteroatoms. The molecule has 0 amide bonds. The zero-order valence-corrected chi connectivity index (χ0v) is 12.9. The van der Waals surface area contributed by atoms with Crippen LogP contribution in [0.1, 0.15) is 39.7 Å². The van der Waals surface area contributed by atoms with Gasteiger partial charge in [0.25, 0.3) is 0 Å².